The zero-order valence-electron chi connectivity index (χ0n) is 12.6. The number of likely N-dealkylation sites (N-methyl/N-ethyl adjacent to an activating group) is 1. The SMILES string of the molecule is C=CCN1C(=O)/C(=C2/C(=O)N(C)c3c(Br)cc(C)cc32)SC1=S. The van der Waals surface area contributed by atoms with Crippen molar-refractivity contribution in [1.82, 2.24) is 4.90 Å². The lowest BCUT2D eigenvalue weighted by Gasteiger charge is -2.11. The fraction of sp³-hybridized carbons (Fsp3) is 0.188. The highest BCUT2D eigenvalue weighted by Gasteiger charge is 2.41. The van der Waals surface area contributed by atoms with Crippen LogP contribution in [0.4, 0.5) is 5.69 Å². The number of hydrogen-bond acceptors (Lipinski definition) is 4. The largest absolute Gasteiger partial charge is 0.310 e. The molecule has 0 spiro atoms. The van der Waals surface area contributed by atoms with Crippen molar-refractivity contribution in [1.29, 1.82) is 0 Å². The molecule has 0 atom stereocenters. The molecule has 2 heterocycles. The molecule has 1 saturated heterocycles. The molecule has 0 aliphatic carbocycles. The molecule has 1 aromatic carbocycles. The van der Waals surface area contributed by atoms with Crippen LogP contribution in [0.1, 0.15) is 11.1 Å². The fourth-order valence-corrected chi connectivity index (χ4v) is 4.89. The number of halogens is 1. The number of carbonyl (C=O) groups is 2. The van der Waals surface area contributed by atoms with Gasteiger partial charge in [0, 0.05) is 23.6 Å². The summed E-state index contributed by atoms with van der Waals surface area (Å²) in [5, 5.41) is 0. The maximum atomic E-state index is 12.7. The predicted molar refractivity (Wildman–Crippen MR) is 101 cm³/mol. The number of aryl methyl sites for hydroxylation is 1. The molecular weight excluding hydrogens is 396 g/mol. The molecule has 0 bridgehead atoms. The number of thioether (sulfide) groups is 1. The van der Waals surface area contributed by atoms with Gasteiger partial charge < -0.3 is 4.90 Å². The van der Waals surface area contributed by atoms with Crippen molar-refractivity contribution < 1.29 is 9.59 Å². The zero-order valence-corrected chi connectivity index (χ0v) is 15.8. The topological polar surface area (TPSA) is 40.6 Å². The molecule has 4 nitrogen and oxygen atoms in total. The summed E-state index contributed by atoms with van der Waals surface area (Å²) in [6.07, 6.45) is 1.62. The van der Waals surface area contributed by atoms with Crippen molar-refractivity contribution in [3.63, 3.8) is 0 Å². The Balaban J connectivity index is 2.22. The second-order valence-corrected chi connectivity index (χ2v) is 7.78. The van der Waals surface area contributed by atoms with E-state index in [1.165, 1.54) is 16.7 Å². The summed E-state index contributed by atoms with van der Waals surface area (Å²) in [6.45, 7) is 5.94. The summed E-state index contributed by atoms with van der Waals surface area (Å²) in [5.74, 6) is -0.424. The first kappa shape index (κ1) is 16.4. The molecular formula is C16H13BrN2O2S2. The molecule has 3 rings (SSSR count). The summed E-state index contributed by atoms with van der Waals surface area (Å²) >= 11 is 9.95. The van der Waals surface area contributed by atoms with Crippen molar-refractivity contribution in [2.45, 2.75) is 6.92 Å². The number of amides is 2. The van der Waals surface area contributed by atoms with Crippen LogP contribution in [0.2, 0.25) is 0 Å². The number of anilines is 1. The van der Waals surface area contributed by atoms with E-state index in [0.29, 0.717) is 21.3 Å². The highest BCUT2D eigenvalue weighted by molar-refractivity contribution is 9.10. The van der Waals surface area contributed by atoms with Gasteiger partial charge in [0.2, 0.25) is 0 Å². The molecule has 0 radical (unpaired) electrons. The Morgan fingerprint density at radius 2 is 2.04 bits per heavy atom. The Hall–Kier alpha value is -1.44. The van der Waals surface area contributed by atoms with Gasteiger partial charge in [0.1, 0.15) is 4.32 Å². The number of thiocarbonyl (C=S) groups is 1. The zero-order chi connectivity index (χ0) is 16.9. The lowest BCUT2D eigenvalue weighted by Crippen LogP contribution is -2.28. The van der Waals surface area contributed by atoms with Crippen molar-refractivity contribution in [3.05, 3.63) is 45.3 Å². The first-order chi connectivity index (χ1) is 10.9. The maximum absolute atomic E-state index is 12.7. The van der Waals surface area contributed by atoms with Gasteiger partial charge in [-0.25, -0.2) is 0 Å². The van der Waals surface area contributed by atoms with Gasteiger partial charge in [-0.1, -0.05) is 30.1 Å². The monoisotopic (exact) mass is 408 g/mol. The molecule has 23 heavy (non-hydrogen) atoms. The third-order valence-corrected chi connectivity index (χ3v) is 5.77. The summed E-state index contributed by atoms with van der Waals surface area (Å²) < 4.78 is 1.29. The van der Waals surface area contributed by atoms with E-state index in [9.17, 15) is 9.59 Å². The van der Waals surface area contributed by atoms with E-state index >= 15 is 0 Å². The second kappa shape index (κ2) is 5.89. The number of hydrogen-bond donors (Lipinski definition) is 0. The van der Waals surface area contributed by atoms with E-state index in [0.717, 1.165) is 21.3 Å². The van der Waals surface area contributed by atoms with Crippen molar-refractivity contribution in [2.24, 2.45) is 0 Å². The van der Waals surface area contributed by atoms with E-state index in [4.69, 9.17) is 12.2 Å². The standard InChI is InChI=1S/C16H13BrN2O2S2/c1-4-5-19-15(21)13(23-16(19)22)11-9-6-8(2)7-10(17)12(9)18(3)14(11)20/h4,6-7H,1,5H2,2-3H3/b13-11-. The second-order valence-electron chi connectivity index (χ2n) is 5.28. The molecule has 1 aromatic rings. The van der Waals surface area contributed by atoms with E-state index in [2.05, 4.69) is 22.5 Å². The van der Waals surface area contributed by atoms with E-state index in [-0.39, 0.29) is 11.8 Å². The number of nitrogens with zero attached hydrogens (tertiary/aromatic N) is 2. The van der Waals surface area contributed by atoms with E-state index in [1.807, 2.05) is 19.1 Å². The molecule has 1 fully saturated rings. The van der Waals surface area contributed by atoms with Gasteiger partial charge in [0.05, 0.1) is 16.2 Å². The van der Waals surface area contributed by atoms with Crippen LogP contribution in [0, 0.1) is 6.92 Å². The van der Waals surface area contributed by atoms with Crippen LogP contribution in [0.25, 0.3) is 5.57 Å². The Kier molecular flexibility index (Phi) is 4.20. The molecule has 2 amide bonds. The maximum Gasteiger partial charge on any atom is 0.267 e. The van der Waals surface area contributed by atoms with Crippen LogP contribution in [0.5, 0.6) is 0 Å². The number of benzene rings is 1. The highest BCUT2D eigenvalue weighted by Crippen LogP contribution is 2.47. The Labute approximate surface area is 152 Å². The fourth-order valence-electron chi connectivity index (χ4n) is 2.71. The molecule has 2 aliphatic heterocycles. The number of carbonyl (C=O) groups excluding carboxylic acids is 2. The molecule has 2 aliphatic rings. The molecule has 118 valence electrons. The number of fused-ring (bicyclic) bond motifs is 1. The average Bonchev–Trinajstić information content (AvgIpc) is 2.88. The first-order valence-electron chi connectivity index (χ1n) is 6.84. The molecule has 0 aromatic heterocycles. The third kappa shape index (κ3) is 2.47. The Morgan fingerprint density at radius 1 is 1.35 bits per heavy atom. The van der Waals surface area contributed by atoms with Gasteiger partial charge >= 0.3 is 0 Å². The van der Waals surface area contributed by atoms with Gasteiger partial charge in [0.25, 0.3) is 11.8 Å². The van der Waals surface area contributed by atoms with Crippen LogP contribution in [-0.2, 0) is 9.59 Å². The van der Waals surface area contributed by atoms with Crippen LogP contribution in [-0.4, -0.2) is 34.6 Å². The smallest absolute Gasteiger partial charge is 0.267 e. The van der Waals surface area contributed by atoms with Crippen LogP contribution >= 0.6 is 39.9 Å². The van der Waals surface area contributed by atoms with E-state index in [1.54, 1.807) is 18.0 Å². The van der Waals surface area contributed by atoms with Gasteiger partial charge in [-0.3, -0.25) is 14.5 Å². The third-order valence-electron chi connectivity index (χ3n) is 3.72. The molecule has 0 saturated carbocycles. The highest BCUT2D eigenvalue weighted by atomic mass is 79.9. The van der Waals surface area contributed by atoms with Crippen LogP contribution in [0.15, 0.2) is 34.2 Å². The predicted octanol–water partition coefficient (Wildman–Crippen LogP) is 3.49. The summed E-state index contributed by atoms with van der Waals surface area (Å²) in [6, 6.07) is 3.88. The minimum atomic E-state index is -0.234. The van der Waals surface area contributed by atoms with Gasteiger partial charge in [-0.05, 0) is 40.5 Å². The lowest BCUT2D eigenvalue weighted by atomic mass is 10.0. The number of rotatable bonds is 2. The minimum Gasteiger partial charge on any atom is -0.310 e. The van der Waals surface area contributed by atoms with Crippen LogP contribution < -0.4 is 4.90 Å². The van der Waals surface area contributed by atoms with Gasteiger partial charge in [-0.15, -0.1) is 6.58 Å². The first-order valence-corrected chi connectivity index (χ1v) is 8.86. The molecule has 0 N–H and O–H groups in total. The quantitative estimate of drug-likeness (QED) is 0.426. The molecule has 7 heteroatoms. The average molecular weight is 409 g/mol. The van der Waals surface area contributed by atoms with E-state index < -0.39 is 0 Å². The van der Waals surface area contributed by atoms with Crippen molar-refractivity contribution in [3.8, 4) is 0 Å². The van der Waals surface area contributed by atoms with Crippen LogP contribution in [0.3, 0.4) is 0 Å². The minimum absolute atomic E-state index is 0.189. The normalized spacial score (nSPS) is 20.6. The Bertz CT molecular complexity index is 817. The summed E-state index contributed by atoms with van der Waals surface area (Å²) in [5.41, 5.74) is 2.99. The molecule has 0 unspecified atom stereocenters. The van der Waals surface area contributed by atoms with Gasteiger partial charge in [-0.2, -0.15) is 0 Å². The summed E-state index contributed by atoms with van der Waals surface area (Å²) in [7, 11) is 1.71. The van der Waals surface area contributed by atoms with Crippen molar-refractivity contribution >= 4 is 67.3 Å². The van der Waals surface area contributed by atoms with Gasteiger partial charge in [0.15, 0.2) is 0 Å². The lowest BCUT2D eigenvalue weighted by molar-refractivity contribution is -0.122. The summed E-state index contributed by atoms with van der Waals surface area (Å²) in [4.78, 5) is 28.8. The Morgan fingerprint density at radius 3 is 2.70 bits per heavy atom. The van der Waals surface area contributed by atoms with Crippen molar-refractivity contribution in [2.75, 3.05) is 18.5 Å².